The maximum absolute atomic E-state index is 12.4. The lowest BCUT2D eigenvalue weighted by Gasteiger charge is -2.24. The standard InChI is InChI=1S/C19H27N3O3/c1-2-21(14-17-5-4-12-25-17)19(24)20-13-15-7-9-16(10-8-15)22-11-3-6-18(22)23/h7-10,17H,2-6,11-14H2,1H3,(H,20,24)/t17-/m0/s1. The highest BCUT2D eigenvalue weighted by atomic mass is 16.5. The molecule has 2 saturated heterocycles. The van der Waals surface area contributed by atoms with Gasteiger partial charge in [0.1, 0.15) is 0 Å². The lowest BCUT2D eigenvalue weighted by atomic mass is 10.2. The number of ether oxygens (including phenoxy) is 1. The van der Waals surface area contributed by atoms with Crippen LogP contribution in [0.3, 0.4) is 0 Å². The van der Waals surface area contributed by atoms with Crippen LogP contribution in [-0.4, -0.2) is 49.2 Å². The van der Waals surface area contributed by atoms with Crippen molar-refractivity contribution >= 4 is 17.6 Å². The fourth-order valence-corrected chi connectivity index (χ4v) is 3.39. The molecule has 1 aromatic carbocycles. The van der Waals surface area contributed by atoms with E-state index in [1.807, 2.05) is 36.1 Å². The number of rotatable bonds is 6. The van der Waals surface area contributed by atoms with Gasteiger partial charge in [-0.2, -0.15) is 0 Å². The van der Waals surface area contributed by atoms with Gasteiger partial charge < -0.3 is 19.9 Å². The summed E-state index contributed by atoms with van der Waals surface area (Å²) in [7, 11) is 0. The van der Waals surface area contributed by atoms with E-state index in [1.165, 1.54) is 0 Å². The van der Waals surface area contributed by atoms with Crippen LogP contribution in [0.4, 0.5) is 10.5 Å². The smallest absolute Gasteiger partial charge is 0.317 e. The summed E-state index contributed by atoms with van der Waals surface area (Å²) in [5.41, 5.74) is 1.96. The minimum absolute atomic E-state index is 0.0585. The quantitative estimate of drug-likeness (QED) is 0.862. The first kappa shape index (κ1) is 17.7. The Bertz CT molecular complexity index is 596. The minimum Gasteiger partial charge on any atom is -0.376 e. The normalized spacial score (nSPS) is 20.1. The van der Waals surface area contributed by atoms with Crippen molar-refractivity contribution < 1.29 is 14.3 Å². The van der Waals surface area contributed by atoms with Gasteiger partial charge in [-0.25, -0.2) is 4.79 Å². The summed E-state index contributed by atoms with van der Waals surface area (Å²) in [6.07, 6.45) is 3.84. The fourth-order valence-electron chi connectivity index (χ4n) is 3.39. The van der Waals surface area contributed by atoms with E-state index in [4.69, 9.17) is 4.74 Å². The molecule has 1 aromatic rings. The molecule has 0 radical (unpaired) electrons. The van der Waals surface area contributed by atoms with Gasteiger partial charge in [-0.3, -0.25) is 4.79 Å². The zero-order chi connectivity index (χ0) is 17.6. The van der Waals surface area contributed by atoms with Gasteiger partial charge in [0.05, 0.1) is 6.10 Å². The molecule has 1 atom stereocenters. The second kappa shape index (κ2) is 8.34. The third kappa shape index (κ3) is 4.51. The van der Waals surface area contributed by atoms with Crippen molar-refractivity contribution in [2.45, 2.75) is 45.3 Å². The third-order valence-corrected chi connectivity index (χ3v) is 4.88. The van der Waals surface area contributed by atoms with Gasteiger partial charge in [-0.15, -0.1) is 0 Å². The van der Waals surface area contributed by atoms with Crippen molar-refractivity contribution in [3.63, 3.8) is 0 Å². The number of nitrogens with one attached hydrogen (secondary N) is 1. The number of benzene rings is 1. The summed E-state index contributed by atoms with van der Waals surface area (Å²) >= 11 is 0. The molecule has 136 valence electrons. The number of hydrogen-bond donors (Lipinski definition) is 1. The van der Waals surface area contributed by atoms with Crippen LogP contribution in [0, 0.1) is 0 Å². The number of nitrogens with zero attached hydrogens (tertiary/aromatic N) is 2. The van der Waals surface area contributed by atoms with Crippen LogP contribution in [0.1, 0.15) is 38.2 Å². The second-order valence-corrected chi connectivity index (χ2v) is 6.65. The molecule has 2 fully saturated rings. The molecule has 0 aromatic heterocycles. The average molecular weight is 345 g/mol. The van der Waals surface area contributed by atoms with E-state index in [2.05, 4.69) is 5.32 Å². The molecule has 0 spiro atoms. The van der Waals surface area contributed by atoms with Gasteiger partial charge in [0.25, 0.3) is 0 Å². The lowest BCUT2D eigenvalue weighted by Crippen LogP contribution is -2.43. The van der Waals surface area contributed by atoms with E-state index in [-0.39, 0.29) is 18.0 Å². The molecular formula is C19H27N3O3. The first-order chi connectivity index (χ1) is 12.2. The van der Waals surface area contributed by atoms with Crippen molar-refractivity contribution in [1.82, 2.24) is 10.2 Å². The number of carbonyl (C=O) groups is 2. The topological polar surface area (TPSA) is 61.9 Å². The van der Waals surface area contributed by atoms with Crippen molar-refractivity contribution in [3.8, 4) is 0 Å². The zero-order valence-corrected chi connectivity index (χ0v) is 14.9. The molecule has 0 aliphatic carbocycles. The number of carbonyl (C=O) groups excluding carboxylic acids is 2. The van der Waals surface area contributed by atoms with Crippen LogP contribution in [0.25, 0.3) is 0 Å². The molecule has 0 unspecified atom stereocenters. The summed E-state index contributed by atoms with van der Waals surface area (Å²) < 4.78 is 5.61. The Morgan fingerprint density at radius 2 is 2.12 bits per heavy atom. The van der Waals surface area contributed by atoms with Crippen LogP contribution >= 0.6 is 0 Å². The molecule has 6 nitrogen and oxygen atoms in total. The van der Waals surface area contributed by atoms with Gasteiger partial charge in [-0.05, 0) is 43.9 Å². The van der Waals surface area contributed by atoms with E-state index < -0.39 is 0 Å². The van der Waals surface area contributed by atoms with Crippen LogP contribution in [0.15, 0.2) is 24.3 Å². The summed E-state index contributed by atoms with van der Waals surface area (Å²) in [4.78, 5) is 27.8. The monoisotopic (exact) mass is 345 g/mol. The number of urea groups is 1. The highest BCUT2D eigenvalue weighted by Gasteiger charge is 2.22. The van der Waals surface area contributed by atoms with Gasteiger partial charge in [-0.1, -0.05) is 12.1 Å². The summed E-state index contributed by atoms with van der Waals surface area (Å²) in [5.74, 6) is 0.189. The minimum atomic E-state index is -0.0585. The van der Waals surface area contributed by atoms with Gasteiger partial charge in [0, 0.05) is 44.9 Å². The molecule has 3 rings (SSSR count). The van der Waals surface area contributed by atoms with Crippen molar-refractivity contribution in [2.24, 2.45) is 0 Å². The molecule has 3 amide bonds. The Kier molecular flexibility index (Phi) is 5.91. The highest BCUT2D eigenvalue weighted by molar-refractivity contribution is 5.95. The molecule has 2 aliphatic heterocycles. The third-order valence-electron chi connectivity index (χ3n) is 4.88. The average Bonchev–Trinajstić information content (AvgIpc) is 3.29. The van der Waals surface area contributed by atoms with E-state index in [0.717, 1.165) is 43.7 Å². The first-order valence-electron chi connectivity index (χ1n) is 9.21. The Hall–Kier alpha value is -2.08. The molecule has 25 heavy (non-hydrogen) atoms. The first-order valence-corrected chi connectivity index (χ1v) is 9.21. The van der Waals surface area contributed by atoms with E-state index >= 15 is 0 Å². The predicted molar refractivity (Wildman–Crippen MR) is 96.5 cm³/mol. The largest absolute Gasteiger partial charge is 0.376 e. The second-order valence-electron chi connectivity index (χ2n) is 6.65. The number of likely N-dealkylation sites (N-methyl/N-ethyl adjacent to an activating group) is 1. The molecular weight excluding hydrogens is 318 g/mol. The molecule has 2 heterocycles. The van der Waals surface area contributed by atoms with Gasteiger partial charge in [0.15, 0.2) is 0 Å². The van der Waals surface area contributed by atoms with Crippen LogP contribution in [-0.2, 0) is 16.1 Å². The SMILES string of the molecule is CCN(C[C@@H]1CCCO1)C(=O)NCc1ccc(N2CCCC2=O)cc1. The van der Waals surface area contributed by atoms with Gasteiger partial charge >= 0.3 is 6.03 Å². The molecule has 0 bridgehead atoms. The van der Waals surface area contributed by atoms with Crippen LogP contribution in [0.5, 0.6) is 0 Å². The van der Waals surface area contributed by atoms with Crippen molar-refractivity contribution in [1.29, 1.82) is 0 Å². The van der Waals surface area contributed by atoms with Crippen molar-refractivity contribution in [2.75, 3.05) is 31.1 Å². The zero-order valence-electron chi connectivity index (χ0n) is 14.9. The highest BCUT2D eigenvalue weighted by Crippen LogP contribution is 2.21. The summed E-state index contributed by atoms with van der Waals surface area (Å²) in [6.45, 7) is 5.38. The number of amides is 3. The Labute approximate surface area is 149 Å². The molecule has 2 aliphatic rings. The van der Waals surface area contributed by atoms with E-state index in [1.54, 1.807) is 4.90 Å². The lowest BCUT2D eigenvalue weighted by molar-refractivity contribution is -0.117. The maximum Gasteiger partial charge on any atom is 0.317 e. The summed E-state index contributed by atoms with van der Waals surface area (Å²) in [6, 6.07) is 7.79. The van der Waals surface area contributed by atoms with Crippen molar-refractivity contribution in [3.05, 3.63) is 29.8 Å². The fraction of sp³-hybridized carbons (Fsp3) is 0.579. The van der Waals surface area contributed by atoms with E-state index in [9.17, 15) is 9.59 Å². The summed E-state index contributed by atoms with van der Waals surface area (Å²) in [5, 5.41) is 2.97. The van der Waals surface area contributed by atoms with Gasteiger partial charge in [0.2, 0.25) is 5.91 Å². The Balaban J connectivity index is 1.50. The Morgan fingerprint density at radius 1 is 1.32 bits per heavy atom. The van der Waals surface area contributed by atoms with Crippen LogP contribution in [0.2, 0.25) is 0 Å². The predicted octanol–water partition coefficient (Wildman–Crippen LogP) is 2.52. The maximum atomic E-state index is 12.4. The molecule has 1 N–H and O–H groups in total. The number of hydrogen-bond acceptors (Lipinski definition) is 3. The van der Waals surface area contributed by atoms with Crippen LogP contribution < -0.4 is 10.2 Å². The molecule has 0 saturated carbocycles. The Morgan fingerprint density at radius 3 is 2.72 bits per heavy atom. The number of anilines is 1. The molecule has 6 heteroatoms. The van der Waals surface area contributed by atoms with E-state index in [0.29, 0.717) is 26.1 Å².